The van der Waals surface area contributed by atoms with Crippen molar-refractivity contribution in [1.29, 1.82) is 0 Å². The van der Waals surface area contributed by atoms with Gasteiger partial charge in [-0.25, -0.2) is 13.1 Å². The Kier molecular flexibility index (Phi) is 7.31. The third-order valence-electron chi connectivity index (χ3n) is 4.42. The van der Waals surface area contributed by atoms with Crippen LogP contribution < -0.4 is 10.0 Å². The summed E-state index contributed by atoms with van der Waals surface area (Å²) in [5, 5.41) is 3.31. The lowest BCUT2D eigenvalue weighted by Gasteiger charge is -2.19. The van der Waals surface area contributed by atoms with Gasteiger partial charge in [0, 0.05) is 16.6 Å². The lowest BCUT2D eigenvalue weighted by Crippen LogP contribution is -2.31. The molecule has 0 spiro atoms. The third-order valence-corrected chi connectivity index (χ3v) is 7.13. The van der Waals surface area contributed by atoms with Crippen LogP contribution in [0.15, 0.2) is 82.2 Å². The van der Waals surface area contributed by atoms with E-state index >= 15 is 0 Å². The van der Waals surface area contributed by atoms with Gasteiger partial charge in [0.15, 0.2) is 0 Å². The van der Waals surface area contributed by atoms with Crippen LogP contribution in [0.3, 0.4) is 0 Å². The Morgan fingerprint density at radius 3 is 2.33 bits per heavy atom. The number of aryl methyl sites for hydroxylation is 1. The zero-order valence-corrected chi connectivity index (χ0v) is 19.3. The molecule has 0 bridgehead atoms. The average Bonchev–Trinajstić information content (AvgIpc) is 2.71. The van der Waals surface area contributed by atoms with Gasteiger partial charge in [-0.2, -0.15) is 0 Å². The van der Waals surface area contributed by atoms with E-state index in [1.165, 1.54) is 0 Å². The molecule has 0 saturated carbocycles. The van der Waals surface area contributed by atoms with Gasteiger partial charge in [-0.1, -0.05) is 59.6 Å². The van der Waals surface area contributed by atoms with Gasteiger partial charge in [-0.3, -0.25) is 4.79 Å². The van der Waals surface area contributed by atoms with Gasteiger partial charge in [-0.15, -0.1) is 0 Å². The molecule has 156 valence electrons. The molecule has 0 fully saturated rings. The molecular weight excluding hydrogens is 488 g/mol. The number of hydrogen-bond acceptors (Lipinski definition) is 3. The molecule has 0 radical (unpaired) electrons. The number of nitrogens with one attached hydrogen (secondary N) is 2. The highest BCUT2D eigenvalue weighted by Gasteiger charge is 2.24. The third kappa shape index (κ3) is 5.92. The highest BCUT2D eigenvalue weighted by Crippen LogP contribution is 2.26. The lowest BCUT2D eigenvalue weighted by atomic mass is 10.0. The number of carbonyl (C=O) groups excluding carboxylic acids is 1. The second kappa shape index (κ2) is 9.75. The smallest absolute Gasteiger partial charge is 0.241 e. The maximum atomic E-state index is 12.9. The zero-order valence-electron chi connectivity index (χ0n) is 16.1. The molecule has 1 atom stereocenters. The molecule has 3 rings (SSSR count). The quantitative estimate of drug-likeness (QED) is 0.446. The van der Waals surface area contributed by atoms with E-state index in [2.05, 4.69) is 26.0 Å². The van der Waals surface area contributed by atoms with Crippen LogP contribution in [0.25, 0.3) is 0 Å². The number of anilines is 1. The summed E-state index contributed by atoms with van der Waals surface area (Å²) in [6.45, 7) is 1.88. The summed E-state index contributed by atoms with van der Waals surface area (Å²) < 4.78 is 29.1. The molecule has 0 saturated heterocycles. The lowest BCUT2D eigenvalue weighted by molar-refractivity contribution is -0.116. The van der Waals surface area contributed by atoms with Gasteiger partial charge in [0.1, 0.15) is 0 Å². The van der Waals surface area contributed by atoms with Gasteiger partial charge in [0.05, 0.1) is 16.0 Å². The fraction of sp³-hybridized carbons (Fsp3) is 0.136. The van der Waals surface area contributed by atoms with Crippen molar-refractivity contribution >= 4 is 49.1 Å². The van der Waals surface area contributed by atoms with Crippen molar-refractivity contribution in [3.05, 3.63) is 93.4 Å². The molecule has 2 N–H and O–H groups in total. The number of benzene rings is 3. The van der Waals surface area contributed by atoms with E-state index in [1.54, 1.807) is 66.7 Å². The predicted octanol–water partition coefficient (Wildman–Crippen LogP) is 5.46. The van der Waals surface area contributed by atoms with Crippen LogP contribution in [0.2, 0.25) is 5.02 Å². The van der Waals surface area contributed by atoms with E-state index in [9.17, 15) is 13.2 Å². The molecule has 0 aliphatic rings. The highest BCUT2D eigenvalue weighted by atomic mass is 79.9. The molecule has 5 nitrogen and oxygen atoms in total. The molecule has 1 amide bonds. The van der Waals surface area contributed by atoms with Gasteiger partial charge in [0.25, 0.3) is 0 Å². The molecule has 0 aromatic heterocycles. The zero-order chi connectivity index (χ0) is 21.7. The first-order valence-corrected chi connectivity index (χ1v) is 11.8. The molecule has 8 heteroatoms. The van der Waals surface area contributed by atoms with E-state index < -0.39 is 16.1 Å². The molecule has 0 heterocycles. The van der Waals surface area contributed by atoms with Crippen molar-refractivity contribution in [3.8, 4) is 0 Å². The maximum absolute atomic E-state index is 12.9. The Hall–Kier alpha value is -2.19. The molecular formula is C22H20BrClN2O3S. The maximum Gasteiger partial charge on any atom is 0.241 e. The van der Waals surface area contributed by atoms with E-state index in [0.29, 0.717) is 20.7 Å². The van der Waals surface area contributed by atoms with Crippen LogP contribution >= 0.6 is 27.5 Å². The summed E-state index contributed by atoms with van der Waals surface area (Å²) in [5.41, 5.74) is 2.21. The Morgan fingerprint density at radius 1 is 1.03 bits per heavy atom. The van der Waals surface area contributed by atoms with Crippen LogP contribution in [0.1, 0.15) is 23.6 Å². The largest absolute Gasteiger partial charge is 0.326 e. The van der Waals surface area contributed by atoms with Crippen LogP contribution in [-0.2, 0) is 14.8 Å². The first-order chi connectivity index (χ1) is 14.2. The summed E-state index contributed by atoms with van der Waals surface area (Å²) >= 11 is 9.31. The second-order valence-corrected chi connectivity index (χ2v) is 9.75. The molecule has 0 unspecified atom stereocenters. The van der Waals surface area contributed by atoms with Crippen LogP contribution in [0.5, 0.6) is 0 Å². The van der Waals surface area contributed by atoms with Crippen molar-refractivity contribution in [3.63, 3.8) is 0 Å². The number of hydrogen-bond donors (Lipinski definition) is 2. The van der Waals surface area contributed by atoms with Gasteiger partial charge >= 0.3 is 0 Å². The van der Waals surface area contributed by atoms with Crippen molar-refractivity contribution in [1.82, 2.24) is 4.72 Å². The monoisotopic (exact) mass is 506 g/mol. The van der Waals surface area contributed by atoms with E-state index in [0.717, 1.165) is 5.56 Å². The van der Waals surface area contributed by atoms with E-state index in [1.807, 2.05) is 13.0 Å². The van der Waals surface area contributed by atoms with Gasteiger partial charge in [-0.05, 0) is 58.7 Å². The molecule has 0 aliphatic heterocycles. The summed E-state index contributed by atoms with van der Waals surface area (Å²) in [6.07, 6.45) is -0.0741. The van der Waals surface area contributed by atoms with Gasteiger partial charge in [0.2, 0.25) is 15.9 Å². The summed E-state index contributed by atoms with van der Waals surface area (Å²) in [6, 6.07) is 19.9. The van der Waals surface area contributed by atoms with E-state index in [4.69, 9.17) is 11.6 Å². The van der Waals surface area contributed by atoms with Crippen molar-refractivity contribution in [2.45, 2.75) is 24.3 Å². The van der Waals surface area contributed by atoms with Crippen molar-refractivity contribution in [2.24, 2.45) is 0 Å². The minimum absolute atomic E-state index is 0.0741. The molecule has 3 aromatic rings. The number of amides is 1. The number of carbonyl (C=O) groups is 1. The average molecular weight is 508 g/mol. The van der Waals surface area contributed by atoms with Gasteiger partial charge < -0.3 is 5.32 Å². The minimum Gasteiger partial charge on any atom is -0.326 e. The van der Waals surface area contributed by atoms with Crippen LogP contribution in [-0.4, -0.2) is 14.3 Å². The Bertz CT molecular complexity index is 1140. The summed E-state index contributed by atoms with van der Waals surface area (Å²) in [4.78, 5) is 12.8. The fourth-order valence-electron chi connectivity index (χ4n) is 2.86. The number of sulfonamides is 1. The first-order valence-electron chi connectivity index (χ1n) is 9.13. The molecule has 0 aliphatic carbocycles. The summed E-state index contributed by atoms with van der Waals surface area (Å²) in [7, 11) is -3.81. The minimum atomic E-state index is -3.81. The van der Waals surface area contributed by atoms with Crippen LogP contribution in [0.4, 0.5) is 5.69 Å². The SMILES string of the molecule is Cc1ccc(S(=O)(=O)N[C@H](CC(=O)Nc2ccc(Cl)c(Br)c2)c2ccccc2)cc1. The molecule has 3 aromatic carbocycles. The standard InChI is InChI=1S/C22H20BrClN2O3S/c1-15-7-10-18(11-8-15)30(28,29)26-21(16-5-3-2-4-6-16)14-22(27)25-17-9-12-20(24)19(23)13-17/h2-13,21,26H,14H2,1H3,(H,25,27)/t21-/m1/s1. The topological polar surface area (TPSA) is 75.3 Å². The van der Waals surface area contributed by atoms with Crippen LogP contribution in [0, 0.1) is 6.92 Å². The highest BCUT2D eigenvalue weighted by molar-refractivity contribution is 9.10. The molecule has 30 heavy (non-hydrogen) atoms. The predicted molar refractivity (Wildman–Crippen MR) is 123 cm³/mol. The first kappa shape index (κ1) is 22.5. The number of rotatable bonds is 7. The van der Waals surface area contributed by atoms with Crippen molar-refractivity contribution in [2.75, 3.05) is 5.32 Å². The fourth-order valence-corrected chi connectivity index (χ4v) is 4.58. The Labute approximate surface area is 189 Å². The van der Waals surface area contributed by atoms with Crippen molar-refractivity contribution < 1.29 is 13.2 Å². The normalized spacial score (nSPS) is 12.4. The Morgan fingerprint density at radius 2 is 1.70 bits per heavy atom. The summed E-state index contributed by atoms with van der Waals surface area (Å²) in [5.74, 6) is -0.329. The van der Waals surface area contributed by atoms with E-state index in [-0.39, 0.29) is 17.2 Å². The number of halogens is 2. The second-order valence-electron chi connectivity index (χ2n) is 6.78. The Balaban J connectivity index is 1.81.